The summed E-state index contributed by atoms with van der Waals surface area (Å²) in [6.07, 6.45) is 10.7. The molecule has 0 unspecified atom stereocenters. The smallest absolute Gasteiger partial charge is 0.200 e. The van der Waals surface area contributed by atoms with Gasteiger partial charge in [0.2, 0.25) is 5.82 Å². The van der Waals surface area contributed by atoms with E-state index in [0.29, 0.717) is 18.6 Å². The van der Waals surface area contributed by atoms with Gasteiger partial charge in [0.1, 0.15) is 0 Å². The minimum atomic E-state index is -0.843. The fourth-order valence-electron chi connectivity index (χ4n) is 3.83. The predicted octanol–water partition coefficient (Wildman–Crippen LogP) is 6.29. The van der Waals surface area contributed by atoms with Gasteiger partial charge in [-0.15, -0.1) is 0 Å². The van der Waals surface area contributed by atoms with Crippen LogP contribution in [0.5, 0.6) is 5.75 Å². The van der Waals surface area contributed by atoms with Crippen LogP contribution in [0.2, 0.25) is 0 Å². The van der Waals surface area contributed by atoms with Crippen molar-refractivity contribution in [2.45, 2.75) is 71.6 Å². The van der Waals surface area contributed by atoms with E-state index < -0.39 is 11.6 Å². The van der Waals surface area contributed by atoms with E-state index in [1.165, 1.54) is 38.5 Å². The van der Waals surface area contributed by atoms with Gasteiger partial charge in [0.25, 0.3) is 0 Å². The average molecular weight is 324 g/mol. The van der Waals surface area contributed by atoms with E-state index in [0.717, 1.165) is 24.7 Å². The predicted molar refractivity (Wildman–Crippen MR) is 90.8 cm³/mol. The van der Waals surface area contributed by atoms with Gasteiger partial charge in [0.05, 0.1) is 6.61 Å². The van der Waals surface area contributed by atoms with Crippen LogP contribution in [-0.2, 0) is 6.42 Å². The van der Waals surface area contributed by atoms with Crippen LogP contribution < -0.4 is 4.74 Å². The first-order chi connectivity index (χ1) is 11.2. The Morgan fingerprint density at radius 3 is 2.22 bits per heavy atom. The van der Waals surface area contributed by atoms with E-state index in [1.54, 1.807) is 19.1 Å². The van der Waals surface area contributed by atoms with Crippen LogP contribution >= 0.6 is 0 Å². The van der Waals surface area contributed by atoms with Crippen LogP contribution in [0.1, 0.15) is 70.8 Å². The zero-order valence-corrected chi connectivity index (χ0v) is 14.5. The molecule has 2 rings (SSSR count). The molecule has 23 heavy (non-hydrogen) atoms. The Morgan fingerprint density at radius 1 is 0.957 bits per heavy atom. The lowest BCUT2D eigenvalue weighted by Crippen LogP contribution is -2.14. The summed E-state index contributed by atoms with van der Waals surface area (Å²) in [5, 5.41) is 0. The molecular weight excluding hydrogens is 294 g/mol. The topological polar surface area (TPSA) is 9.23 Å². The van der Waals surface area contributed by atoms with Crippen LogP contribution in [0.15, 0.2) is 12.1 Å². The van der Waals surface area contributed by atoms with Crippen LogP contribution in [-0.4, -0.2) is 6.61 Å². The van der Waals surface area contributed by atoms with Crippen molar-refractivity contribution in [2.75, 3.05) is 6.61 Å². The molecule has 0 N–H and O–H groups in total. The first-order valence-electron chi connectivity index (χ1n) is 9.25. The first kappa shape index (κ1) is 18.2. The fraction of sp³-hybridized carbons (Fsp3) is 0.700. The van der Waals surface area contributed by atoms with Crippen molar-refractivity contribution in [3.63, 3.8) is 0 Å². The number of hydrogen-bond acceptors (Lipinski definition) is 1. The van der Waals surface area contributed by atoms with Gasteiger partial charge in [-0.1, -0.05) is 57.9 Å². The molecular formula is C20H30F2O. The van der Waals surface area contributed by atoms with E-state index in [2.05, 4.69) is 6.92 Å². The van der Waals surface area contributed by atoms with Crippen molar-refractivity contribution in [1.29, 1.82) is 0 Å². The number of ether oxygens (including phenoxy) is 1. The molecule has 1 aromatic carbocycles. The van der Waals surface area contributed by atoms with Gasteiger partial charge in [-0.3, -0.25) is 0 Å². The third-order valence-corrected chi connectivity index (χ3v) is 5.15. The van der Waals surface area contributed by atoms with E-state index in [-0.39, 0.29) is 5.75 Å². The Kier molecular flexibility index (Phi) is 7.32. The maximum Gasteiger partial charge on any atom is 0.200 e. The summed E-state index contributed by atoms with van der Waals surface area (Å²) in [6.45, 7) is 4.37. The standard InChI is InChI=1S/C20H30F2O/c1-3-6-15-9-11-16(12-10-15)7-5-8-17-13-14-18(23-4-2)20(22)19(17)21/h13-16H,3-12H2,1-2H3. The Hall–Kier alpha value is -1.12. The Labute approximate surface area is 139 Å². The van der Waals surface area contributed by atoms with Gasteiger partial charge in [0, 0.05) is 0 Å². The molecule has 3 heteroatoms. The highest BCUT2D eigenvalue weighted by Crippen LogP contribution is 2.34. The third kappa shape index (κ3) is 5.19. The third-order valence-electron chi connectivity index (χ3n) is 5.15. The van der Waals surface area contributed by atoms with Gasteiger partial charge in [-0.05, 0) is 43.2 Å². The number of halogens is 2. The van der Waals surface area contributed by atoms with Crippen molar-refractivity contribution in [3.05, 3.63) is 29.3 Å². The highest BCUT2D eigenvalue weighted by atomic mass is 19.2. The van der Waals surface area contributed by atoms with Crippen LogP contribution in [0.3, 0.4) is 0 Å². The molecule has 130 valence electrons. The quantitative estimate of drug-likeness (QED) is 0.546. The number of hydrogen-bond donors (Lipinski definition) is 0. The summed E-state index contributed by atoms with van der Waals surface area (Å²) in [5.74, 6) is 0.141. The van der Waals surface area contributed by atoms with E-state index in [1.807, 2.05) is 0 Å². The molecule has 0 aliphatic heterocycles. The fourth-order valence-corrected chi connectivity index (χ4v) is 3.83. The molecule has 0 spiro atoms. The van der Waals surface area contributed by atoms with E-state index >= 15 is 0 Å². The minimum absolute atomic E-state index is 0.0167. The van der Waals surface area contributed by atoms with E-state index in [9.17, 15) is 8.78 Å². The number of benzene rings is 1. The van der Waals surface area contributed by atoms with Gasteiger partial charge in [-0.2, -0.15) is 4.39 Å². The molecule has 1 aromatic rings. The summed E-state index contributed by atoms with van der Waals surface area (Å²) >= 11 is 0. The normalized spacial score (nSPS) is 21.4. The second-order valence-electron chi connectivity index (χ2n) is 6.85. The molecule has 1 nitrogen and oxygen atoms in total. The van der Waals surface area contributed by atoms with Crippen LogP contribution in [0, 0.1) is 23.5 Å². The minimum Gasteiger partial charge on any atom is -0.491 e. The molecule has 0 aromatic heterocycles. The maximum atomic E-state index is 14.0. The van der Waals surface area contributed by atoms with Crippen LogP contribution in [0.4, 0.5) is 8.78 Å². The zero-order chi connectivity index (χ0) is 16.7. The van der Waals surface area contributed by atoms with Crippen molar-refractivity contribution < 1.29 is 13.5 Å². The van der Waals surface area contributed by atoms with Gasteiger partial charge in [0.15, 0.2) is 11.6 Å². The SMILES string of the molecule is CCCC1CCC(CCCc2ccc(OCC)c(F)c2F)CC1. The Morgan fingerprint density at radius 2 is 1.61 bits per heavy atom. The Balaban J connectivity index is 1.77. The lowest BCUT2D eigenvalue weighted by atomic mass is 9.78. The molecule has 0 atom stereocenters. The molecule has 0 radical (unpaired) electrons. The van der Waals surface area contributed by atoms with Crippen LogP contribution in [0.25, 0.3) is 0 Å². The number of aryl methyl sites for hydroxylation is 1. The molecule has 0 heterocycles. The molecule has 1 aliphatic carbocycles. The Bertz CT molecular complexity index is 479. The number of rotatable bonds is 8. The molecule has 0 saturated heterocycles. The van der Waals surface area contributed by atoms with Gasteiger partial charge < -0.3 is 4.74 Å². The molecule has 0 bridgehead atoms. The zero-order valence-electron chi connectivity index (χ0n) is 14.5. The lowest BCUT2D eigenvalue weighted by molar-refractivity contribution is 0.249. The monoisotopic (exact) mass is 324 g/mol. The molecule has 1 fully saturated rings. The summed E-state index contributed by atoms with van der Waals surface area (Å²) < 4.78 is 33.0. The first-order valence-corrected chi connectivity index (χ1v) is 9.25. The van der Waals surface area contributed by atoms with Crippen molar-refractivity contribution in [2.24, 2.45) is 11.8 Å². The lowest BCUT2D eigenvalue weighted by Gasteiger charge is -2.28. The second kappa shape index (κ2) is 9.24. The highest BCUT2D eigenvalue weighted by Gasteiger charge is 2.20. The van der Waals surface area contributed by atoms with Crippen molar-refractivity contribution in [1.82, 2.24) is 0 Å². The molecule has 0 amide bonds. The van der Waals surface area contributed by atoms with E-state index in [4.69, 9.17) is 4.74 Å². The second-order valence-corrected chi connectivity index (χ2v) is 6.85. The average Bonchev–Trinajstić information content (AvgIpc) is 2.56. The van der Waals surface area contributed by atoms with Crippen molar-refractivity contribution in [3.8, 4) is 5.75 Å². The molecule has 1 saturated carbocycles. The highest BCUT2D eigenvalue weighted by molar-refractivity contribution is 5.31. The van der Waals surface area contributed by atoms with Crippen molar-refractivity contribution >= 4 is 0 Å². The molecule has 1 aliphatic rings. The maximum absolute atomic E-state index is 14.0. The summed E-state index contributed by atoms with van der Waals surface area (Å²) in [7, 11) is 0. The largest absolute Gasteiger partial charge is 0.491 e. The summed E-state index contributed by atoms with van der Waals surface area (Å²) in [4.78, 5) is 0. The summed E-state index contributed by atoms with van der Waals surface area (Å²) in [6, 6.07) is 3.22. The van der Waals surface area contributed by atoms with Gasteiger partial charge in [-0.25, -0.2) is 4.39 Å². The van der Waals surface area contributed by atoms with Gasteiger partial charge >= 0.3 is 0 Å². The summed E-state index contributed by atoms with van der Waals surface area (Å²) in [5.41, 5.74) is 0.477.